The molecule has 0 radical (unpaired) electrons. The van der Waals surface area contributed by atoms with Gasteiger partial charge in [-0.1, -0.05) is 6.92 Å². The van der Waals surface area contributed by atoms with Crippen LogP contribution in [0.25, 0.3) is 0 Å². The van der Waals surface area contributed by atoms with Crippen molar-refractivity contribution in [3.05, 3.63) is 0 Å². The average molecular weight is 147 g/mol. The molecule has 0 aliphatic carbocycles. The molecule has 10 heavy (non-hydrogen) atoms. The quantitative estimate of drug-likeness (QED) is 0.584. The van der Waals surface area contributed by atoms with E-state index in [0.29, 0.717) is 0 Å². The van der Waals surface area contributed by atoms with Crippen molar-refractivity contribution < 1.29 is 0 Å². The second-order valence-corrected chi connectivity index (χ2v) is 2.38. The largest absolute Gasteiger partial charge is 0.330 e. The number of hydrogen-bond donors (Lipinski definition) is 2. The van der Waals surface area contributed by atoms with Gasteiger partial charge in [0.2, 0.25) is 0 Å². The fourth-order valence-corrected chi connectivity index (χ4v) is 0.258. The molecule has 0 aromatic carbocycles. The summed E-state index contributed by atoms with van der Waals surface area (Å²) in [5.74, 6) is 0. The highest BCUT2D eigenvalue weighted by atomic mass is 15.1. The topological polar surface area (TPSA) is 55.3 Å². The Kier molecular flexibility index (Phi) is 14.6. The zero-order valence-electron chi connectivity index (χ0n) is 7.43. The molecule has 0 unspecified atom stereocenters. The van der Waals surface area contributed by atoms with Crippen LogP contribution in [0.15, 0.2) is 0 Å². The minimum atomic E-state index is 0.757. The van der Waals surface area contributed by atoms with Crippen molar-refractivity contribution in [1.82, 2.24) is 4.90 Å². The minimum Gasteiger partial charge on any atom is -0.330 e. The van der Waals surface area contributed by atoms with Crippen molar-refractivity contribution in [1.29, 1.82) is 0 Å². The third-order valence-electron chi connectivity index (χ3n) is 0.865. The van der Waals surface area contributed by atoms with Gasteiger partial charge < -0.3 is 16.4 Å². The maximum Gasteiger partial charge on any atom is 0.00985 e. The Labute approximate surface area is 64.4 Å². The van der Waals surface area contributed by atoms with Gasteiger partial charge in [0, 0.05) is 13.1 Å². The van der Waals surface area contributed by atoms with Crippen LogP contribution in [0.1, 0.15) is 13.3 Å². The summed E-state index contributed by atoms with van der Waals surface area (Å²) in [5, 5.41) is 0. The van der Waals surface area contributed by atoms with Crippen molar-refractivity contribution in [3.8, 4) is 0 Å². The summed E-state index contributed by atoms with van der Waals surface area (Å²) in [6.07, 6.45) is 1.10. The number of hydrogen-bond acceptors (Lipinski definition) is 3. The fourth-order valence-electron chi connectivity index (χ4n) is 0.258. The van der Waals surface area contributed by atoms with E-state index in [1.165, 1.54) is 0 Å². The van der Waals surface area contributed by atoms with Crippen LogP contribution < -0.4 is 11.5 Å². The molecule has 0 spiro atoms. The maximum absolute atomic E-state index is 5.19. The van der Waals surface area contributed by atoms with E-state index >= 15 is 0 Å². The summed E-state index contributed by atoms with van der Waals surface area (Å²) in [4.78, 5) is 2.06. The fraction of sp³-hybridized carbons (Fsp3) is 1.00. The number of likely N-dealkylation sites (N-methyl/N-ethyl adjacent to an activating group) is 1. The molecule has 4 N–H and O–H groups in total. The van der Waals surface area contributed by atoms with Gasteiger partial charge in [-0.25, -0.2) is 0 Å². The Morgan fingerprint density at radius 2 is 1.50 bits per heavy atom. The third-order valence-corrected chi connectivity index (χ3v) is 0.865. The minimum absolute atomic E-state index is 0.757. The Morgan fingerprint density at radius 1 is 1.10 bits per heavy atom. The Hall–Kier alpha value is -0.120. The summed E-state index contributed by atoms with van der Waals surface area (Å²) in [6, 6.07) is 0. The van der Waals surface area contributed by atoms with E-state index in [9.17, 15) is 0 Å². The van der Waals surface area contributed by atoms with Crippen molar-refractivity contribution >= 4 is 0 Å². The van der Waals surface area contributed by atoms with E-state index < -0.39 is 0 Å². The van der Waals surface area contributed by atoms with Gasteiger partial charge in [0.25, 0.3) is 0 Å². The van der Waals surface area contributed by atoms with E-state index in [1.807, 2.05) is 14.1 Å². The lowest BCUT2D eigenvalue weighted by Gasteiger charge is -2.03. The normalized spacial score (nSPS) is 9.00. The SMILES string of the molecule is CCCN.CN(C)CCN. The van der Waals surface area contributed by atoms with E-state index in [0.717, 1.165) is 26.1 Å². The van der Waals surface area contributed by atoms with Crippen LogP contribution in [-0.4, -0.2) is 38.6 Å². The smallest absolute Gasteiger partial charge is 0.00985 e. The highest BCUT2D eigenvalue weighted by Crippen LogP contribution is 1.64. The second kappa shape index (κ2) is 11.6. The lowest BCUT2D eigenvalue weighted by molar-refractivity contribution is 0.420. The summed E-state index contributed by atoms with van der Waals surface area (Å²) in [7, 11) is 4.01. The molecule has 0 fully saturated rings. The summed E-state index contributed by atoms with van der Waals surface area (Å²) in [5.41, 5.74) is 10.2. The molecule has 0 bridgehead atoms. The summed E-state index contributed by atoms with van der Waals surface area (Å²) >= 11 is 0. The number of nitrogens with zero attached hydrogens (tertiary/aromatic N) is 1. The first-order valence-electron chi connectivity index (χ1n) is 3.73. The van der Waals surface area contributed by atoms with Gasteiger partial charge in [0.1, 0.15) is 0 Å². The molecular weight excluding hydrogens is 126 g/mol. The molecule has 3 nitrogen and oxygen atoms in total. The molecule has 0 heterocycles. The first-order chi connectivity index (χ1) is 4.68. The van der Waals surface area contributed by atoms with Crippen LogP contribution in [0, 0.1) is 0 Å². The van der Waals surface area contributed by atoms with Crippen LogP contribution >= 0.6 is 0 Å². The molecule has 64 valence electrons. The lowest BCUT2D eigenvalue weighted by atomic mass is 10.5. The van der Waals surface area contributed by atoms with E-state index in [2.05, 4.69) is 11.8 Å². The van der Waals surface area contributed by atoms with Crippen LogP contribution in [0.2, 0.25) is 0 Å². The van der Waals surface area contributed by atoms with Crippen molar-refractivity contribution in [2.24, 2.45) is 11.5 Å². The van der Waals surface area contributed by atoms with Gasteiger partial charge in [-0.05, 0) is 27.1 Å². The van der Waals surface area contributed by atoms with Gasteiger partial charge in [-0.15, -0.1) is 0 Å². The molecule has 0 aliphatic rings. The summed E-state index contributed by atoms with van der Waals surface area (Å²) < 4.78 is 0. The molecule has 0 saturated carbocycles. The molecule has 0 aromatic rings. The summed E-state index contributed by atoms with van der Waals surface area (Å²) in [6.45, 7) is 4.62. The lowest BCUT2D eigenvalue weighted by Crippen LogP contribution is -2.20. The Bertz CT molecular complexity index is 44.1. The molecule has 0 rings (SSSR count). The van der Waals surface area contributed by atoms with Crippen LogP contribution in [0.3, 0.4) is 0 Å². The van der Waals surface area contributed by atoms with Gasteiger partial charge in [-0.3, -0.25) is 0 Å². The molecule has 0 aromatic heterocycles. The van der Waals surface area contributed by atoms with Crippen molar-refractivity contribution in [2.45, 2.75) is 13.3 Å². The second-order valence-electron chi connectivity index (χ2n) is 2.38. The predicted molar refractivity (Wildman–Crippen MR) is 47.0 cm³/mol. The van der Waals surface area contributed by atoms with Gasteiger partial charge in [0.15, 0.2) is 0 Å². The zero-order chi connectivity index (χ0) is 8.41. The number of rotatable bonds is 3. The molecule has 0 atom stereocenters. The molecular formula is C7H21N3. The zero-order valence-corrected chi connectivity index (χ0v) is 7.43. The highest BCUT2D eigenvalue weighted by Gasteiger charge is 1.79. The maximum atomic E-state index is 5.19. The molecule has 0 amide bonds. The first-order valence-corrected chi connectivity index (χ1v) is 3.73. The van der Waals surface area contributed by atoms with Crippen LogP contribution in [0.4, 0.5) is 0 Å². The average Bonchev–Trinajstić information content (AvgIpc) is 1.89. The van der Waals surface area contributed by atoms with E-state index in [1.54, 1.807) is 0 Å². The highest BCUT2D eigenvalue weighted by molar-refractivity contribution is 4.38. The van der Waals surface area contributed by atoms with Crippen LogP contribution in [-0.2, 0) is 0 Å². The molecule has 3 heteroatoms. The van der Waals surface area contributed by atoms with Crippen molar-refractivity contribution in [3.63, 3.8) is 0 Å². The number of nitrogens with two attached hydrogens (primary N) is 2. The van der Waals surface area contributed by atoms with Gasteiger partial charge in [-0.2, -0.15) is 0 Å². The van der Waals surface area contributed by atoms with Crippen LogP contribution in [0.5, 0.6) is 0 Å². The van der Waals surface area contributed by atoms with Gasteiger partial charge >= 0.3 is 0 Å². The Morgan fingerprint density at radius 3 is 1.50 bits per heavy atom. The Balaban J connectivity index is 0. The van der Waals surface area contributed by atoms with Gasteiger partial charge in [0.05, 0.1) is 0 Å². The first kappa shape index (κ1) is 12.5. The van der Waals surface area contributed by atoms with E-state index in [4.69, 9.17) is 11.5 Å². The standard InChI is InChI=1S/C4H12N2.C3H9N/c1-6(2)4-3-5;1-2-3-4/h3-5H2,1-2H3;2-4H2,1H3. The molecule has 0 aliphatic heterocycles. The van der Waals surface area contributed by atoms with E-state index in [-0.39, 0.29) is 0 Å². The predicted octanol–water partition coefficient (Wildman–Crippen LogP) is -0.138. The van der Waals surface area contributed by atoms with Crippen molar-refractivity contribution in [2.75, 3.05) is 33.7 Å². The monoisotopic (exact) mass is 147 g/mol. The molecule has 0 saturated heterocycles. The third kappa shape index (κ3) is 24.8.